The molecular formula is C20H16BrN3O4S. The average Bonchev–Trinajstić information content (AvgIpc) is 2.70. The normalized spacial score (nSPS) is 17.1. The van der Waals surface area contributed by atoms with Crippen LogP contribution >= 0.6 is 15.9 Å². The molecule has 2 aromatic rings. The number of benzene rings is 2. The molecule has 0 saturated carbocycles. The van der Waals surface area contributed by atoms with E-state index in [0.717, 1.165) is 4.47 Å². The van der Waals surface area contributed by atoms with E-state index in [0.29, 0.717) is 28.6 Å². The summed E-state index contributed by atoms with van der Waals surface area (Å²) in [6, 6.07) is 14.5. The molecule has 0 atom stereocenters. The summed E-state index contributed by atoms with van der Waals surface area (Å²) in [6.07, 6.45) is 4.69. The molecule has 0 unspecified atom stereocenters. The number of hydrogen-bond donors (Lipinski definition) is 1. The van der Waals surface area contributed by atoms with Crippen molar-refractivity contribution in [3.8, 4) is 11.5 Å². The number of hydrogen-bond acceptors (Lipinski definition) is 5. The van der Waals surface area contributed by atoms with Gasteiger partial charge in [0.1, 0.15) is 17.3 Å². The summed E-state index contributed by atoms with van der Waals surface area (Å²) in [4.78, 5) is 14.2. The standard InChI is InChI=1S/C20H16BrN3O4S/c21-15-2-6-17(7-3-15)28-18-8-4-16(5-9-18)22-20(25)14-1-10-19-23-29(26,27)12-11-24(19)13-14/h1-10,13H,11-12H2,(H,22,25). The molecule has 0 aromatic heterocycles. The molecule has 0 fully saturated rings. The number of rotatable bonds is 4. The minimum atomic E-state index is -3.42. The van der Waals surface area contributed by atoms with E-state index < -0.39 is 10.0 Å². The predicted octanol–water partition coefficient (Wildman–Crippen LogP) is 3.68. The summed E-state index contributed by atoms with van der Waals surface area (Å²) in [7, 11) is -3.42. The van der Waals surface area contributed by atoms with Crippen molar-refractivity contribution in [2.75, 3.05) is 17.6 Å². The Bertz CT molecular complexity index is 1140. The fourth-order valence-electron chi connectivity index (χ4n) is 2.78. The number of ether oxygens (including phenoxy) is 1. The van der Waals surface area contributed by atoms with Crippen molar-refractivity contribution in [3.63, 3.8) is 0 Å². The highest BCUT2D eigenvalue weighted by Crippen LogP contribution is 2.25. The number of fused-ring (bicyclic) bond motifs is 1. The van der Waals surface area contributed by atoms with Gasteiger partial charge in [-0.15, -0.1) is 4.40 Å². The van der Waals surface area contributed by atoms with Gasteiger partial charge in [-0.1, -0.05) is 15.9 Å². The maximum atomic E-state index is 12.5. The van der Waals surface area contributed by atoms with E-state index >= 15 is 0 Å². The van der Waals surface area contributed by atoms with Crippen LogP contribution in [0, 0.1) is 0 Å². The average molecular weight is 474 g/mol. The zero-order valence-corrected chi connectivity index (χ0v) is 17.5. The number of carbonyl (C=O) groups excluding carboxylic acids is 1. The number of anilines is 1. The summed E-state index contributed by atoms with van der Waals surface area (Å²) in [6.45, 7) is 0.268. The van der Waals surface area contributed by atoms with Gasteiger partial charge in [-0.3, -0.25) is 4.79 Å². The molecule has 2 aliphatic heterocycles. The number of carbonyl (C=O) groups is 1. The lowest BCUT2D eigenvalue weighted by molar-refractivity contribution is -0.112. The molecular weight excluding hydrogens is 458 g/mol. The monoisotopic (exact) mass is 473 g/mol. The van der Waals surface area contributed by atoms with Crippen molar-refractivity contribution in [2.24, 2.45) is 4.40 Å². The first-order chi connectivity index (χ1) is 13.9. The zero-order valence-electron chi connectivity index (χ0n) is 15.1. The highest BCUT2D eigenvalue weighted by molar-refractivity contribution is 9.10. The third kappa shape index (κ3) is 4.75. The third-order valence-electron chi connectivity index (χ3n) is 4.25. The van der Waals surface area contributed by atoms with Crippen molar-refractivity contribution >= 4 is 43.4 Å². The second-order valence-electron chi connectivity index (χ2n) is 6.38. The van der Waals surface area contributed by atoms with Gasteiger partial charge in [0.25, 0.3) is 15.9 Å². The maximum Gasteiger partial charge on any atom is 0.257 e. The van der Waals surface area contributed by atoms with Crippen LogP contribution in [0.25, 0.3) is 0 Å². The smallest absolute Gasteiger partial charge is 0.257 e. The molecule has 1 N–H and O–H groups in total. The van der Waals surface area contributed by atoms with Gasteiger partial charge in [0, 0.05) is 22.9 Å². The minimum Gasteiger partial charge on any atom is -0.457 e. The predicted molar refractivity (Wildman–Crippen MR) is 114 cm³/mol. The molecule has 0 aliphatic carbocycles. The number of halogens is 1. The van der Waals surface area contributed by atoms with Crippen LogP contribution in [0.1, 0.15) is 0 Å². The molecule has 9 heteroatoms. The first-order valence-electron chi connectivity index (χ1n) is 8.72. The molecule has 0 saturated heterocycles. The summed E-state index contributed by atoms with van der Waals surface area (Å²) < 4.78 is 33.5. The van der Waals surface area contributed by atoms with Crippen molar-refractivity contribution in [1.29, 1.82) is 0 Å². The zero-order chi connectivity index (χ0) is 20.4. The molecule has 2 aromatic carbocycles. The fourth-order valence-corrected chi connectivity index (χ4v) is 4.02. The van der Waals surface area contributed by atoms with Crippen LogP contribution in [-0.4, -0.2) is 37.4 Å². The number of nitrogens with zero attached hydrogens (tertiary/aromatic N) is 2. The number of nitrogens with one attached hydrogen (secondary N) is 1. The Morgan fingerprint density at radius 3 is 2.38 bits per heavy atom. The van der Waals surface area contributed by atoms with Crippen LogP contribution < -0.4 is 10.1 Å². The molecule has 0 radical (unpaired) electrons. The quantitative estimate of drug-likeness (QED) is 0.731. The number of amidine groups is 1. The van der Waals surface area contributed by atoms with Gasteiger partial charge >= 0.3 is 0 Å². The van der Waals surface area contributed by atoms with Crippen LogP contribution in [0.4, 0.5) is 5.69 Å². The number of sulfonamides is 1. The molecule has 2 heterocycles. The van der Waals surface area contributed by atoms with E-state index in [1.165, 1.54) is 6.08 Å². The van der Waals surface area contributed by atoms with Crippen LogP contribution in [0.5, 0.6) is 11.5 Å². The molecule has 148 valence electrons. The lowest BCUT2D eigenvalue weighted by atomic mass is 10.1. The first kappa shape index (κ1) is 19.4. The maximum absolute atomic E-state index is 12.5. The fraction of sp³-hybridized carbons (Fsp3) is 0.100. The Balaban J connectivity index is 1.41. The largest absolute Gasteiger partial charge is 0.457 e. The van der Waals surface area contributed by atoms with Crippen LogP contribution in [-0.2, 0) is 14.8 Å². The SMILES string of the molecule is O=C(Nc1ccc(Oc2ccc(Br)cc2)cc1)C1=CN2CCS(=O)(=O)N=C2C=C1. The summed E-state index contributed by atoms with van der Waals surface area (Å²) >= 11 is 3.38. The Hall–Kier alpha value is -2.91. The van der Waals surface area contributed by atoms with Gasteiger partial charge in [-0.05, 0) is 60.7 Å². The highest BCUT2D eigenvalue weighted by Gasteiger charge is 2.25. The topological polar surface area (TPSA) is 88.1 Å². The second-order valence-corrected chi connectivity index (χ2v) is 9.05. The molecule has 29 heavy (non-hydrogen) atoms. The molecule has 0 spiro atoms. The van der Waals surface area contributed by atoms with Crippen LogP contribution in [0.2, 0.25) is 0 Å². The van der Waals surface area contributed by atoms with E-state index in [4.69, 9.17) is 4.74 Å². The molecule has 4 rings (SSSR count). The van der Waals surface area contributed by atoms with Crippen molar-refractivity contribution < 1.29 is 17.9 Å². The molecule has 1 amide bonds. The van der Waals surface area contributed by atoms with E-state index in [1.54, 1.807) is 41.4 Å². The van der Waals surface area contributed by atoms with Crippen LogP contribution in [0.3, 0.4) is 0 Å². The Morgan fingerprint density at radius 2 is 1.69 bits per heavy atom. The lowest BCUT2D eigenvalue weighted by Gasteiger charge is -2.26. The highest BCUT2D eigenvalue weighted by atomic mass is 79.9. The summed E-state index contributed by atoms with van der Waals surface area (Å²) in [5.41, 5.74) is 1.03. The van der Waals surface area contributed by atoms with Gasteiger partial charge in [0.2, 0.25) is 0 Å². The van der Waals surface area contributed by atoms with E-state index in [2.05, 4.69) is 25.6 Å². The van der Waals surface area contributed by atoms with Gasteiger partial charge < -0.3 is 15.0 Å². The van der Waals surface area contributed by atoms with Crippen LogP contribution in [0.15, 0.2) is 81.3 Å². The number of amides is 1. The van der Waals surface area contributed by atoms with E-state index in [1.807, 2.05) is 24.3 Å². The minimum absolute atomic E-state index is 0.0738. The first-order valence-corrected chi connectivity index (χ1v) is 11.1. The van der Waals surface area contributed by atoms with E-state index in [9.17, 15) is 13.2 Å². The summed E-state index contributed by atoms with van der Waals surface area (Å²) in [5.74, 6) is 1.31. The van der Waals surface area contributed by atoms with Gasteiger partial charge in [-0.2, -0.15) is 0 Å². The van der Waals surface area contributed by atoms with Gasteiger partial charge in [-0.25, -0.2) is 8.42 Å². The van der Waals surface area contributed by atoms with Gasteiger partial charge in [0.05, 0.1) is 11.3 Å². The van der Waals surface area contributed by atoms with Crippen molar-refractivity contribution in [2.45, 2.75) is 0 Å². The Morgan fingerprint density at radius 1 is 1.03 bits per heavy atom. The summed E-state index contributed by atoms with van der Waals surface area (Å²) in [5, 5.41) is 2.82. The third-order valence-corrected chi connectivity index (χ3v) is 5.94. The van der Waals surface area contributed by atoms with Crippen molar-refractivity contribution in [3.05, 3.63) is 76.9 Å². The second kappa shape index (κ2) is 7.84. The van der Waals surface area contributed by atoms with E-state index in [-0.39, 0.29) is 18.2 Å². The molecule has 7 nitrogen and oxygen atoms in total. The Kier molecular flexibility index (Phi) is 5.25. The van der Waals surface area contributed by atoms with Crippen molar-refractivity contribution in [1.82, 2.24) is 4.90 Å². The Labute approximate surface area is 176 Å². The molecule has 0 bridgehead atoms. The lowest BCUT2D eigenvalue weighted by Crippen LogP contribution is -2.37. The van der Waals surface area contributed by atoms with Gasteiger partial charge in [0.15, 0.2) is 0 Å². The molecule has 2 aliphatic rings.